The molecule has 4 nitrogen and oxygen atoms in total. The number of nitrogens with zero attached hydrogens (tertiary/aromatic N) is 1. The van der Waals surface area contributed by atoms with Crippen LogP contribution in [-0.4, -0.2) is 25.0 Å². The monoisotopic (exact) mass is 376 g/mol. The molecule has 1 aliphatic heterocycles. The summed E-state index contributed by atoms with van der Waals surface area (Å²) >= 11 is 0. The summed E-state index contributed by atoms with van der Waals surface area (Å²) in [4.78, 5) is 4.93. The minimum atomic E-state index is 0.235. The summed E-state index contributed by atoms with van der Waals surface area (Å²) < 4.78 is 11.8. The molecule has 0 radical (unpaired) electrons. The van der Waals surface area contributed by atoms with Crippen molar-refractivity contribution >= 4 is 5.71 Å². The minimum Gasteiger partial charge on any atom is -0.489 e. The molecule has 0 saturated carbocycles. The minimum absolute atomic E-state index is 0.235. The summed E-state index contributed by atoms with van der Waals surface area (Å²) in [6.45, 7) is 2.14. The zero-order valence-electron chi connectivity index (χ0n) is 16.3. The van der Waals surface area contributed by atoms with Crippen molar-refractivity contribution in [3.05, 3.63) is 77.0 Å². The van der Waals surface area contributed by atoms with Gasteiger partial charge < -0.3 is 15.2 Å². The molecule has 28 heavy (non-hydrogen) atoms. The second kappa shape index (κ2) is 9.07. The van der Waals surface area contributed by atoms with E-state index in [0.717, 1.165) is 49.3 Å². The standard InChI is InChI=1S/C24H28N2O2/c25-15-20-10-9-19-14-21(28-17-18-6-2-1-3-7-18)11-12-23(19)24(20)26-16-22-8-4-5-13-27-22/h1-3,6-7,11-12,14-15,22H,4-5,8-10,13,16-17,25H2/b20-15-,26-24?. The van der Waals surface area contributed by atoms with Crippen molar-refractivity contribution in [1.29, 1.82) is 0 Å². The first-order valence-electron chi connectivity index (χ1n) is 10.2. The van der Waals surface area contributed by atoms with Gasteiger partial charge in [0.2, 0.25) is 0 Å². The fourth-order valence-electron chi connectivity index (χ4n) is 3.89. The third kappa shape index (κ3) is 4.45. The van der Waals surface area contributed by atoms with Crippen LogP contribution in [0.4, 0.5) is 0 Å². The summed E-state index contributed by atoms with van der Waals surface area (Å²) in [5.41, 5.74) is 11.7. The molecule has 1 unspecified atom stereocenters. The van der Waals surface area contributed by atoms with Gasteiger partial charge in [0.05, 0.1) is 18.4 Å². The maximum atomic E-state index is 6.00. The highest BCUT2D eigenvalue weighted by Gasteiger charge is 2.21. The molecular weight excluding hydrogens is 348 g/mol. The van der Waals surface area contributed by atoms with Gasteiger partial charge in [0.15, 0.2) is 0 Å². The van der Waals surface area contributed by atoms with Gasteiger partial charge in [0.1, 0.15) is 12.4 Å². The molecule has 146 valence electrons. The van der Waals surface area contributed by atoms with Crippen LogP contribution in [0.15, 0.2) is 65.3 Å². The van der Waals surface area contributed by atoms with E-state index < -0.39 is 0 Å². The van der Waals surface area contributed by atoms with Gasteiger partial charge in [-0.25, -0.2) is 0 Å². The number of hydrogen-bond acceptors (Lipinski definition) is 4. The van der Waals surface area contributed by atoms with Crippen molar-refractivity contribution in [3.63, 3.8) is 0 Å². The number of allylic oxidation sites excluding steroid dienone is 1. The van der Waals surface area contributed by atoms with Gasteiger partial charge in [-0.1, -0.05) is 30.3 Å². The van der Waals surface area contributed by atoms with E-state index in [1.807, 2.05) is 24.3 Å². The number of nitrogens with two attached hydrogens (primary N) is 1. The second-order valence-corrected chi connectivity index (χ2v) is 7.46. The molecule has 0 amide bonds. The summed E-state index contributed by atoms with van der Waals surface area (Å²) in [6.07, 6.45) is 7.30. The van der Waals surface area contributed by atoms with E-state index in [4.69, 9.17) is 20.2 Å². The Morgan fingerprint density at radius 3 is 2.79 bits per heavy atom. The van der Waals surface area contributed by atoms with E-state index in [2.05, 4.69) is 24.3 Å². The maximum absolute atomic E-state index is 6.00. The molecule has 2 aromatic rings. The Kier molecular flexibility index (Phi) is 6.07. The third-order valence-corrected chi connectivity index (χ3v) is 5.48. The first-order chi connectivity index (χ1) is 13.8. The molecule has 4 heteroatoms. The van der Waals surface area contributed by atoms with Gasteiger partial charge in [-0.3, -0.25) is 4.99 Å². The third-order valence-electron chi connectivity index (χ3n) is 5.48. The molecular formula is C24H28N2O2. The van der Waals surface area contributed by atoms with Crippen molar-refractivity contribution in [2.75, 3.05) is 13.2 Å². The quantitative estimate of drug-likeness (QED) is 0.841. The average molecular weight is 377 g/mol. The van der Waals surface area contributed by atoms with Crippen LogP contribution in [0.5, 0.6) is 5.75 Å². The number of benzene rings is 2. The number of aliphatic imine (C=N–C) groups is 1. The Hall–Kier alpha value is -2.59. The first-order valence-corrected chi connectivity index (χ1v) is 10.2. The van der Waals surface area contributed by atoms with Crippen molar-refractivity contribution in [2.45, 2.75) is 44.8 Å². The van der Waals surface area contributed by atoms with Crippen molar-refractivity contribution < 1.29 is 9.47 Å². The second-order valence-electron chi connectivity index (χ2n) is 7.46. The van der Waals surface area contributed by atoms with Crippen molar-refractivity contribution in [1.82, 2.24) is 0 Å². The van der Waals surface area contributed by atoms with Gasteiger partial charge in [0.25, 0.3) is 0 Å². The smallest absolute Gasteiger partial charge is 0.120 e. The Balaban J connectivity index is 1.51. The van der Waals surface area contributed by atoms with Crippen LogP contribution < -0.4 is 10.5 Å². The number of fused-ring (bicyclic) bond motifs is 1. The molecule has 2 aliphatic rings. The normalized spacial score (nSPS) is 22.2. The number of aryl methyl sites for hydroxylation is 1. The van der Waals surface area contributed by atoms with E-state index in [0.29, 0.717) is 13.2 Å². The van der Waals surface area contributed by atoms with Crippen LogP contribution in [0.3, 0.4) is 0 Å². The summed E-state index contributed by atoms with van der Waals surface area (Å²) in [5, 5.41) is 0. The van der Waals surface area contributed by atoms with Crippen molar-refractivity contribution in [2.24, 2.45) is 10.7 Å². The number of ether oxygens (including phenoxy) is 2. The maximum Gasteiger partial charge on any atom is 0.120 e. The summed E-state index contributed by atoms with van der Waals surface area (Å²) in [7, 11) is 0. The zero-order chi connectivity index (χ0) is 19.2. The average Bonchev–Trinajstić information content (AvgIpc) is 2.77. The Morgan fingerprint density at radius 1 is 1.11 bits per heavy atom. The Labute approximate surface area is 167 Å². The molecule has 1 heterocycles. The molecule has 1 fully saturated rings. The topological polar surface area (TPSA) is 56.8 Å². The van der Waals surface area contributed by atoms with Crippen LogP contribution in [-0.2, 0) is 17.8 Å². The molecule has 1 atom stereocenters. The summed E-state index contributed by atoms with van der Waals surface area (Å²) in [6, 6.07) is 16.6. The molecule has 1 saturated heterocycles. The van der Waals surface area contributed by atoms with Crippen LogP contribution >= 0.6 is 0 Å². The molecule has 2 aromatic carbocycles. The number of hydrogen-bond donors (Lipinski definition) is 1. The van der Waals surface area contributed by atoms with Crippen LogP contribution in [0, 0.1) is 0 Å². The van der Waals surface area contributed by atoms with E-state index in [-0.39, 0.29) is 6.10 Å². The summed E-state index contributed by atoms with van der Waals surface area (Å²) in [5.74, 6) is 0.901. The van der Waals surface area contributed by atoms with Gasteiger partial charge >= 0.3 is 0 Å². The molecule has 0 bridgehead atoms. The van der Waals surface area contributed by atoms with E-state index >= 15 is 0 Å². The van der Waals surface area contributed by atoms with Gasteiger partial charge in [-0.05, 0) is 73.2 Å². The van der Waals surface area contributed by atoms with Crippen LogP contribution in [0.2, 0.25) is 0 Å². The molecule has 2 N–H and O–H groups in total. The SMILES string of the molecule is N/C=C1/CCc2cc(OCc3ccccc3)ccc2C1=NCC1CCCCO1. The van der Waals surface area contributed by atoms with Crippen molar-refractivity contribution in [3.8, 4) is 5.75 Å². The predicted octanol–water partition coefficient (Wildman–Crippen LogP) is 4.41. The largest absolute Gasteiger partial charge is 0.489 e. The Morgan fingerprint density at radius 2 is 2.00 bits per heavy atom. The molecule has 4 rings (SSSR count). The lowest BCUT2D eigenvalue weighted by molar-refractivity contribution is 0.0225. The van der Waals surface area contributed by atoms with Gasteiger partial charge in [0, 0.05) is 12.2 Å². The highest BCUT2D eigenvalue weighted by atomic mass is 16.5. The first kappa shape index (κ1) is 18.8. The molecule has 1 aliphatic carbocycles. The van der Waals surface area contributed by atoms with E-state index in [9.17, 15) is 0 Å². The highest BCUT2D eigenvalue weighted by molar-refractivity contribution is 6.14. The molecule has 0 aromatic heterocycles. The lowest BCUT2D eigenvalue weighted by atomic mass is 9.86. The van der Waals surface area contributed by atoms with Crippen LogP contribution in [0.1, 0.15) is 42.4 Å². The molecule has 0 spiro atoms. The fraction of sp³-hybridized carbons (Fsp3) is 0.375. The fourth-order valence-corrected chi connectivity index (χ4v) is 3.89. The lowest BCUT2D eigenvalue weighted by Gasteiger charge is -2.24. The number of rotatable bonds is 5. The highest BCUT2D eigenvalue weighted by Crippen LogP contribution is 2.29. The lowest BCUT2D eigenvalue weighted by Crippen LogP contribution is -2.24. The van der Waals surface area contributed by atoms with E-state index in [1.54, 1.807) is 6.20 Å². The zero-order valence-corrected chi connectivity index (χ0v) is 16.3. The van der Waals surface area contributed by atoms with E-state index in [1.165, 1.54) is 23.1 Å². The predicted molar refractivity (Wildman–Crippen MR) is 113 cm³/mol. The Bertz CT molecular complexity index is 852. The van der Waals surface area contributed by atoms with Gasteiger partial charge in [-0.2, -0.15) is 0 Å². The van der Waals surface area contributed by atoms with Gasteiger partial charge in [-0.15, -0.1) is 0 Å². The van der Waals surface area contributed by atoms with Crippen LogP contribution in [0.25, 0.3) is 0 Å².